The van der Waals surface area contributed by atoms with E-state index < -0.39 is 29.9 Å². The molecule has 0 heterocycles. The Kier molecular flexibility index (Phi) is 6.17. The predicted octanol–water partition coefficient (Wildman–Crippen LogP) is 3.47. The fraction of sp³-hybridized carbons (Fsp3) is 0.500. The van der Waals surface area contributed by atoms with E-state index in [-0.39, 0.29) is 9.52 Å². The van der Waals surface area contributed by atoms with Gasteiger partial charge in [-0.1, -0.05) is 47.0 Å². The highest BCUT2D eigenvalue weighted by Gasteiger charge is 2.36. The summed E-state index contributed by atoms with van der Waals surface area (Å²) >= 11 is 16.7. The van der Waals surface area contributed by atoms with E-state index in [0.717, 1.165) is 0 Å². The first-order valence-corrected chi connectivity index (χ1v) is 6.77. The smallest absolute Gasteiger partial charge is 0.310 e. The van der Waals surface area contributed by atoms with Gasteiger partial charge in [-0.05, 0) is 19.8 Å². The SMILES string of the molecule is C[C@H](OC(=O)[C@@H]1CC=CC[C@@H]1C(=O)O)C(Cl)=C(Cl)Cl. The molecule has 1 aliphatic rings. The monoisotopic (exact) mass is 326 g/mol. The summed E-state index contributed by atoms with van der Waals surface area (Å²) in [6.07, 6.45) is 3.35. The lowest BCUT2D eigenvalue weighted by Gasteiger charge is -2.25. The van der Waals surface area contributed by atoms with E-state index in [9.17, 15) is 9.59 Å². The zero-order valence-corrected chi connectivity index (χ0v) is 12.4. The highest BCUT2D eigenvalue weighted by Crippen LogP contribution is 2.29. The third kappa shape index (κ3) is 4.41. The van der Waals surface area contributed by atoms with Crippen molar-refractivity contribution in [1.29, 1.82) is 0 Å². The van der Waals surface area contributed by atoms with Crippen molar-refractivity contribution in [3.63, 3.8) is 0 Å². The van der Waals surface area contributed by atoms with E-state index in [1.54, 1.807) is 12.2 Å². The van der Waals surface area contributed by atoms with Crippen LogP contribution in [0.15, 0.2) is 21.7 Å². The number of esters is 1. The van der Waals surface area contributed by atoms with E-state index in [1.165, 1.54) is 6.92 Å². The molecule has 0 unspecified atom stereocenters. The lowest BCUT2D eigenvalue weighted by atomic mass is 9.83. The Morgan fingerprint density at radius 2 is 1.74 bits per heavy atom. The molecule has 0 fully saturated rings. The number of carbonyl (C=O) groups is 2. The number of carbonyl (C=O) groups excluding carboxylic acids is 1. The molecular formula is C12H13Cl3O4. The van der Waals surface area contributed by atoms with Gasteiger partial charge in [0.2, 0.25) is 0 Å². The number of halogens is 3. The van der Waals surface area contributed by atoms with Crippen LogP contribution in [0.3, 0.4) is 0 Å². The highest BCUT2D eigenvalue weighted by atomic mass is 35.5. The van der Waals surface area contributed by atoms with Gasteiger partial charge in [0.1, 0.15) is 10.6 Å². The summed E-state index contributed by atoms with van der Waals surface area (Å²) in [6, 6.07) is 0. The number of hydrogen-bond donors (Lipinski definition) is 1. The standard InChI is InChI=1S/C12H13Cl3O4/c1-6(9(13)10(14)15)19-12(18)8-5-3-2-4-7(8)11(16)17/h2-3,6-8H,4-5H2,1H3,(H,16,17)/t6-,7-,8+/m0/s1. The minimum absolute atomic E-state index is 0.00918. The summed E-state index contributed by atoms with van der Waals surface area (Å²) < 4.78 is 4.92. The molecule has 19 heavy (non-hydrogen) atoms. The summed E-state index contributed by atoms with van der Waals surface area (Å²) in [5, 5.41) is 9.08. The van der Waals surface area contributed by atoms with Crippen molar-refractivity contribution < 1.29 is 19.4 Å². The third-order valence-electron chi connectivity index (χ3n) is 2.88. The molecule has 0 aromatic heterocycles. The maximum absolute atomic E-state index is 12.0. The van der Waals surface area contributed by atoms with Crippen molar-refractivity contribution >= 4 is 46.7 Å². The van der Waals surface area contributed by atoms with Crippen LogP contribution < -0.4 is 0 Å². The normalized spacial score (nSPS) is 23.6. The van der Waals surface area contributed by atoms with Crippen molar-refractivity contribution in [3.8, 4) is 0 Å². The van der Waals surface area contributed by atoms with E-state index in [4.69, 9.17) is 44.6 Å². The summed E-state index contributed by atoms with van der Waals surface area (Å²) in [4.78, 5) is 23.0. The molecule has 0 bridgehead atoms. The molecule has 0 spiro atoms. The molecule has 1 N–H and O–H groups in total. The fourth-order valence-electron chi connectivity index (χ4n) is 1.81. The number of hydrogen-bond acceptors (Lipinski definition) is 3. The maximum Gasteiger partial charge on any atom is 0.310 e. The summed E-state index contributed by atoms with van der Waals surface area (Å²) in [5.41, 5.74) is 0. The Hall–Kier alpha value is -0.710. The molecule has 0 aliphatic heterocycles. The zero-order chi connectivity index (χ0) is 14.6. The second-order valence-corrected chi connectivity index (χ2v) is 5.54. The Labute approximate surface area is 126 Å². The zero-order valence-electron chi connectivity index (χ0n) is 10.1. The molecule has 0 radical (unpaired) electrons. The third-order valence-corrected chi connectivity index (χ3v) is 3.98. The molecule has 0 aromatic carbocycles. The van der Waals surface area contributed by atoms with Gasteiger partial charge in [-0.2, -0.15) is 0 Å². The lowest BCUT2D eigenvalue weighted by molar-refractivity contribution is -0.159. The van der Waals surface area contributed by atoms with Gasteiger partial charge in [-0.3, -0.25) is 9.59 Å². The van der Waals surface area contributed by atoms with E-state index in [0.29, 0.717) is 12.8 Å². The summed E-state index contributed by atoms with van der Waals surface area (Å²) in [6.45, 7) is 1.51. The molecule has 3 atom stereocenters. The molecule has 0 saturated carbocycles. The van der Waals surface area contributed by atoms with Gasteiger partial charge in [-0.15, -0.1) is 0 Å². The first kappa shape index (κ1) is 16.3. The molecule has 4 nitrogen and oxygen atoms in total. The number of carboxylic acids is 1. The van der Waals surface area contributed by atoms with Crippen molar-refractivity contribution in [2.45, 2.75) is 25.9 Å². The van der Waals surface area contributed by atoms with Crippen LogP contribution in [0, 0.1) is 11.8 Å². The number of ether oxygens (including phenoxy) is 1. The molecule has 1 aliphatic carbocycles. The molecule has 106 valence electrons. The van der Waals surface area contributed by atoms with Gasteiger partial charge in [0.15, 0.2) is 0 Å². The van der Waals surface area contributed by atoms with Crippen LogP contribution >= 0.6 is 34.8 Å². The van der Waals surface area contributed by atoms with E-state index in [2.05, 4.69) is 0 Å². The van der Waals surface area contributed by atoms with Crippen molar-refractivity contribution in [1.82, 2.24) is 0 Å². The summed E-state index contributed by atoms with van der Waals surface area (Å²) in [5.74, 6) is -3.13. The quantitative estimate of drug-likeness (QED) is 0.634. The Bertz CT molecular complexity index is 427. The van der Waals surface area contributed by atoms with Gasteiger partial charge in [0.25, 0.3) is 0 Å². The van der Waals surface area contributed by atoms with Crippen LogP contribution in [0.25, 0.3) is 0 Å². The highest BCUT2D eigenvalue weighted by molar-refractivity contribution is 6.59. The largest absolute Gasteiger partial charge is 0.481 e. The molecule has 7 heteroatoms. The number of allylic oxidation sites excluding steroid dienone is 2. The lowest BCUT2D eigenvalue weighted by Crippen LogP contribution is -2.34. The Morgan fingerprint density at radius 1 is 1.21 bits per heavy atom. The second-order valence-electron chi connectivity index (χ2n) is 4.18. The first-order valence-electron chi connectivity index (χ1n) is 5.63. The maximum atomic E-state index is 12.0. The van der Waals surface area contributed by atoms with Gasteiger partial charge in [-0.25, -0.2) is 0 Å². The second kappa shape index (κ2) is 7.17. The average molecular weight is 328 g/mol. The van der Waals surface area contributed by atoms with Crippen LogP contribution in [-0.2, 0) is 14.3 Å². The Morgan fingerprint density at radius 3 is 2.21 bits per heavy atom. The predicted molar refractivity (Wildman–Crippen MR) is 73.1 cm³/mol. The van der Waals surface area contributed by atoms with Gasteiger partial charge >= 0.3 is 11.9 Å². The van der Waals surface area contributed by atoms with Gasteiger partial charge in [0.05, 0.1) is 16.9 Å². The number of rotatable bonds is 4. The average Bonchev–Trinajstić information content (AvgIpc) is 2.37. The van der Waals surface area contributed by atoms with E-state index in [1.807, 2.05) is 0 Å². The molecule has 0 saturated heterocycles. The Balaban J connectivity index is 2.74. The van der Waals surface area contributed by atoms with Crippen LogP contribution in [0.2, 0.25) is 0 Å². The van der Waals surface area contributed by atoms with Crippen LogP contribution in [0.5, 0.6) is 0 Å². The fourth-order valence-corrected chi connectivity index (χ4v) is 2.17. The van der Waals surface area contributed by atoms with Crippen LogP contribution in [-0.4, -0.2) is 23.1 Å². The molecular weight excluding hydrogens is 314 g/mol. The van der Waals surface area contributed by atoms with Crippen LogP contribution in [0.4, 0.5) is 0 Å². The number of carboxylic acid groups (broad SMARTS) is 1. The van der Waals surface area contributed by atoms with Crippen molar-refractivity contribution in [2.24, 2.45) is 11.8 Å². The molecule has 0 amide bonds. The van der Waals surface area contributed by atoms with E-state index >= 15 is 0 Å². The van der Waals surface area contributed by atoms with Gasteiger partial charge < -0.3 is 9.84 Å². The summed E-state index contributed by atoms with van der Waals surface area (Å²) in [7, 11) is 0. The molecule has 0 aromatic rings. The van der Waals surface area contributed by atoms with Gasteiger partial charge in [0, 0.05) is 0 Å². The van der Waals surface area contributed by atoms with Crippen molar-refractivity contribution in [2.75, 3.05) is 0 Å². The topological polar surface area (TPSA) is 63.6 Å². The number of aliphatic carboxylic acids is 1. The minimum Gasteiger partial charge on any atom is -0.481 e. The first-order chi connectivity index (χ1) is 8.84. The van der Waals surface area contributed by atoms with Crippen LogP contribution in [0.1, 0.15) is 19.8 Å². The van der Waals surface area contributed by atoms with Crippen molar-refractivity contribution in [3.05, 3.63) is 21.7 Å². The minimum atomic E-state index is -1.02. The molecule has 1 rings (SSSR count).